The Balaban J connectivity index is 2.17. The van der Waals surface area contributed by atoms with Crippen LogP contribution in [0.5, 0.6) is 0 Å². The summed E-state index contributed by atoms with van der Waals surface area (Å²) in [6.45, 7) is 0.728. The van der Waals surface area contributed by atoms with Gasteiger partial charge in [-0.3, -0.25) is 19.2 Å². The molecule has 36 heavy (non-hydrogen) atoms. The molecule has 12 heteroatoms. The van der Waals surface area contributed by atoms with Gasteiger partial charge in [0.25, 0.3) is 0 Å². The van der Waals surface area contributed by atoms with Crippen LogP contribution in [0.1, 0.15) is 37.7 Å². The van der Waals surface area contributed by atoms with Gasteiger partial charge in [0.1, 0.15) is 18.1 Å². The van der Waals surface area contributed by atoms with Crippen molar-refractivity contribution in [3.63, 3.8) is 0 Å². The Hall–Kier alpha value is -3.12. The highest BCUT2D eigenvalue weighted by Crippen LogP contribution is 2.09. The Morgan fingerprint density at radius 3 is 2.22 bits per heavy atom. The van der Waals surface area contributed by atoms with E-state index in [1.54, 1.807) is 30.3 Å². The molecule has 6 N–H and O–H groups in total. The van der Waals surface area contributed by atoms with Crippen LogP contribution in [0.2, 0.25) is 0 Å². The summed E-state index contributed by atoms with van der Waals surface area (Å²) in [7, 11) is 0. The summed E-state index contributed by atoms with van der Waals surface area (Å²) in [4.78, 5) is 61.4. The molecule has 0 radical (unpaired) electrons. The van der Waals surface area contributed by atoms with E-state index in [1.165, 1.54) is 11.8 Å². The van der Waals surface area contributed by atoms with Crippen molar-refractivity contribution in [3.05, 3.63) is 35.9 Å². The number of hydrogen-bond acceptors (Lipinski definition) is 7. The van der Waals surface area contributed by atoms with E-state index in [4.69, 9.17) is 5.11 Å². The number of carbonyl (C=O) groups excluding carboxylic acids is 3. The zero-order valence-electron chi connectivity index (χ0n) is 20.2. The van der Waals surface area contributed by atoms with Gasteiger partial charge in [-0.15, -0.1) is 0 Å². The third kappa shape index (κ3) is 9.86. The first-order valence-corrected chi connectivity index (χ1v) is 13.2. The van der Waals surface area contributed by atoms with E-state index in [0.29, 0.717) is 18.6 Å². The van der Waals surface area contributed by atoms with Gasteiger partial charge in [0.05, 0.1) is 6.04 Å². The number of aliphatic carboxylic acids is 2. The van der Waals surface area contributed by atoms with Crippen LogP contribution < -0.4 is 21.3 Å². The summed E-state index contributed by atoms with van der Waals surface area (Å²) in [6.07, 6.45) is 3.11. The molecule has 0 saturated carbocycles. The second-order valence-electron chi connectivity index (χ2n) is 8.57. The third-order valence-corrected chi connectivity index (χ3v) is 6.44. The average Bonchev–Trinajstić information content (AvgIpc) is 3.39. The van der Waals surface area contributed by atoms with Crippen molar-refractivity contribution in [2.75, 3.05) is 18.6 Å². The molecule has 198 valence electrons. The van der Waals surface area contributed by atoms with Crippen molar-refractivity contribution in [1.29, 1.82) is 0 Å². The standard InChI is InChI=1S/C24H34N4O7S/c1-36-13-11-17(26-21(31)16-8-5-12-25-16)22(32)28-19(14-15-6-3-2-4-7-15)23(33)27-18(24(34)35)9-10-20(29)30/h2-4,6-7,16-19,25H,5,8-14H2,1H3,(H,26,31)(H,27,33)(H,28,32)(H,29,30)(H,34,35). The van der Waals surface area contributed by atoms with E-state index in [2.05, 4.69) is 21.3 Å². The number of carboxylic acids is 2. The Bertz CT molecular complexity index is 909. The molecule has 1 aromatic carbocycles. The first-order valence-electron chi connectivity index (χ1n) is 11.8. The minimum Gasteiger partial charge on any atom is -0.481 e. The van der Waals surface area contributed by atoms with Crippen molar-refractivity contribution < 1.29 is 34.2 Å². The predicted molar refractivity (Wildman–Crippen MR) is 134 cm³/mol. The van der Waals surface area contributed by atoms with Gasteiger partial charge in [-0.2, -0.15) is 11.8 Å². The number of rotatable bonds is 15. The molecule has 1 aliphatic heterocycles. The van der Waals surface area contributed by atoms with E-state index in [-0.39, 0.29) is 24.8 Å². The predicted octanol–water partition coefficient (Wildman–Crippen LogP) is 0.138. The molecule has 4 atom stereocenters. The maximum Gasteiger partial charge on any atom is 0.326 e. The van der Waals surface area contributed by atoms with Crippen LogP contribution >= 0.6 is 11.8 Å². The normalized spacial score (nSPS) is 17.4. The second kappa shape index (κ2) is 15.1. The van der Waals surface area contributed by atoms with Crippen LogP contribution in [0.25, 0.3) is 0 Å². The summed E-state index contributed by atoms with van der Waals surface area (Å²) >= 11 is 1.51. The molecule has 0 spiro atoms. The van der Waals surface area contributed by atoms with Gasteiger partial charge in [-0.05, 0) is 49.8 Å². The van der Waals surface area contributed by atoms with E-state index in [1.807, 2.05) is 6.26 Å². The molecule has 1 aliphatic rings. The number of nitrogens with one attached hydrogen (secondary N) is 4. The van der Waals surface area contributed by atoms with Crippen LogP contribution in [0.15, 0.2) is 30.3 Å². The molecule has 1 aromatic rings. The average molecular weight is 523 g/mol. The van der Waals surface area contributed by atoms with Gasteiger partial charge in [0.15, 0.2) is 0 Å². The number of benzene rings is 1. The number of thioether (sulfide) groups is 1. The molecule has 1 saturated heterocycles. The van der Waals surface area contributed by atoms with Crippen molar-refractivity contribution in [3.8, 4) is 0 Å². The second-order valence-corrected chi connectivity index (χ2v) is 9.56. The third-order valence-electron chi connectivity index (χ3n) is 5.80. The topological polar surface area (TPSA) is 174 Å². The monoisotopic (exact) mass is 522 g/mol. The molecular weight excluding hydrogens is 488 g/mol. The summed E-state index contributed by atoms with van der Waals surface area (Å²) in [5.41, 5.74) is 0.732. The minimum absolute atomic E-state index is 0.0804. The lowest BCUT2D eigenvalue weighted by molar-refractivity contribution is -0.143. The highest BCUT2D eigenvalue weighted by atomic mass is 32.2. The molecule has 1 fully saturated rings. The molecule has 4 unspecified atom stereocenters. The molecule has 2 rings (SSSR count). The highest BCUT2D eigenvalue weighted by molar-refractivity contribution is 7.98. The maximum absolute atomic E-state index is 13.2. The van der Waals surface area contributed by atoms with Crippen LogP contribution in [0, 0.1) is 0 Å². The van der Waals surface area contributed by atoms with Gasteiger partial charge < -0.3 is 31.5 Å². The molecule has 0 bridgehead atoms. The van der Waals surface area contributed by atoms with Crippen LogP contribution in [-0.2, 0) is 30.4 Å². The van der Waals surface area contributed by atoms with Gasteiger partial charge in [0, 0.05) is 12.8 Å². The molecule has 0 aromatic heterocycles. The minimum atomic E-state index is -1.43. The molecule has 11 nitrogen and oxygen atoms in total. The van der Waals surface area contributed by atoms with Crippen LogP contribution in [0.3, 0.4) is 0 Å². The lowest BCUT2D eigenvalue weighted by Gasteiger charge is -2.25. The van der Waals surface area contributed by atoms with Crippen molar-refractivity contribution in [1.82, 2.24) is 21.3 Å². The number of amides is 3. The maximum atomic E-state index is 13.2. The quantitative estimate of drug-likeness (QED) is 0.187. The van der Waals surface area contributed by atoms with E-state index >= 15 is 0 Å². The lowest BCUT2D eigenvalue weighted by atomic mass is 10.0. The largest absolute Gasteiger partial charge is 0.481 e. The molecule has 3 amide bonds. The van der Waals surface area contributed by atoms with Crippen LogP contribution in [0.4, 0.5) is 0 Å². The Morgan fingerprint density at radius 1 is 0.972 bits per heavy atom. The number of carbonyl (C=O) groups is 5. The summed E-state index contributed by atoms with van der Waals surface area (Å²) < 4.78 is 0. The Labute approximate surface area is 214 Å². The van der Waals surface area contributed by atoms with Gasteiger partial charge in [-0.25, -0.2) is 4.79 Å². The number of hydrogen-bond donors (Lipinski definition) is 6. The van der Waals surface area contributed by atoms with E-state index in [0.717, 1.165) is 18.5 Å². The Morgan fingerprint density at radius 2 is 1.64 bits per heavy atom. The van der Waals surface area contributed by atoms with Crippen LogP contribution in [-0.4, -0.2) is 82.6 Å². The first kappa shape index (κ1) is 29.1. The fourth-order valence-electron chi connectivity index (χ4n) is 3.81. The molecule has 0 aliphatic carbocycles. The van der Waals surface area contributed by atoms with Crippen molar-refractivity contribution in [2.24, 2.45) is 0 Å². The number of carboxylic acid groups (broad SMARTS) is 2. The van der Waals surface area contributed by atoms with Crippen molar-refractivity contribution >= 4 is 41.4 Å². The van der Waals surface area contributed by atoms with Gasteiger partial charge in [0.2, 0.25) is 17.7 Å². The zero-order chi connectivity index (χ0) is 26.5. The van der Waals surface area contributed by atoms with E-state index < -0.39 is 48.3 Å². The Kier molecular flexibility index (Phi) is 12.2. The fraction of sp³-hybridized carbons (Fsp3) is 0.542. The van der Waals surface area contributed by atoms with Gasteiger partial charge >= 0.3 is 11.9 Å². The molecule has 1 heterocycles. The fourth-order valence-corrected chi connectivity index (χ4v) is 4.29. The highest BCUT2D eigenvalue weighted by Gasteiger charge is 2.31. The first-order chi connectivity index (χ1) is 17.2. The summed E-state index contributed by atoms with van der Waals surface area (Å²) in [6, 6.07) is 5.08. The van der Waals surface area contributed by atoms with Gasteiger partial charge in [-0.1, -0.05) is 30.3 Å². The van der Waals surface area contributed by atoms with E-state index in [9.17, 15) is 29.1 Å². The summed E-state index contributed by atoms with van der Waals surface area (Å²) in [5.74, 6) is -3.54. The molecular formula is C24H34N4O7S. The lowest BCUT2D eigenvalue weighted by Crippen LogP contribution is -2.57. The zero-order valence-corrected chi connectivity index (χ0v) is 21.0. The smallest absolute Gasteiger partial charge is 0.326 e. The summed E-state index contributed by atoms with van der Waals surface area (Å²) in [5, 5.41) is 29.2. The SMILES string of the molecule is CSCCC(NC(=O)C1CCCN1)C(=O)NC(Cc1ccccc1)C(=O)NC(CCC(=O)O)C(=O)O. The van der Waals surface area contributed by atoms with Crippen molar-refractivity contribution in [2.45, 2.75) is 62.7 Å².